The number of pyridine rings is 1. The molecule has 0 amide bonds. The van der Waals surface area contributed by atoms with Crippen LogP contribution in [0.2, 0.25) is 0 Å². The minimum atomic E-state index is -0.957. The maximum Gasteiger partial charge on any atom is 0.335 e. The monoisotopic (exact) mass is 380 g/mol. The number of hydrogen-bond acceptors (Lipinski definition) is 4. The summed E-state index contributed by atoms with van der Waals surface area (Å²) in [6, 6.07) is 13.0. The van der Waals surface area contributed by atoms with Crippen molar-refractivity contribution in [1.82, 2.24) is 15.2 Å². The fourth-order valence-corrected chi connectivity index (χ4v) is 3.42. The van der Waals surface area contributed by atoms with Crippen LogP contribution in [-0.2, 0) is 0 Å². The molecule has 1 aliphatic rings. The van der Waals surface area contributed by atoms with Gasteiger partial charge in [0.25, 0.3) is 0 Å². The molecule has 6 nitrogen and oxygen atoms in total. The number of anilines is 1. The molecule has 0 spiro atoms. The molecule has 0 aliphatic carbocycles. The van der Waals surface area contributed by atoms with E-state index in [4.69, 9.17) is 4.98 Å². The van der Waals surface area contributed by atoms with Crippen molar-refractivity contribution < 1.29 is 9.90 Å². The van der Waals surface area contributed by atoms with Gasteiger partial charge in [-0.25, -0.2) is 9.78 Å². The second-order valence-electron chi connectivity index (χ2n) is 6.72. The predicted molar refractivity (Wildman–Crippen MR) is 114 cm³/mol. The van der Waals surface area contributed by atoms with Gasteiger partial charge in [-0.3, -0.25) is 5.10 Å². The zero-order valence-electron chi connectivity index (χ0n) is 15.3. The first-order chi connectivity index (χ1) is 14.2. The normalized spacial score (nSPS) is 13.3. The second-order valence-corrected chi connectivity index (χ2v) is 6.72. The van der Waals surface area contributed by atoms with Gasteiger partial charge in [-0.2, -0.15) is 5.10 Å². The van der Waals surface area contributed by atoms with Crippen LogP contribution >= 0.6 is 0 Å². The van der Waals surface area contributed by atoms with E-state index >= 15 is 0 Å². The molecule has 3 heterocycles. The van der Waals surface area contributed by atoms with Crippen LogP contribution in [0.15, 0.2) is 85.4 Å². The smallest absolute Gasteiger partial charge is 0.335 e. The summed E-state index contributed by atoms with van der Waals surface area (Å²) in [7, 11) is 0. The van der Waals surface area contributed by atoms with E-state index in [0.29, 0.717) is 0 Å². The number of aromatic nitrogens is 3. The van der Waals surface area contributed by atoms with Crippen LogP contribution in [0.5, 0.6) is 0 Å². The highest BCUT2D eigenvalue weighted by Crippen LogP contribution is 2.34. The average molecular weight is 380 g/mol. The Bertz CT molecular complexity index is 1330. The van der Waals surface area contributed by atoms with E-state index in [1.807, 2.05) is 65.9 Å². The fraction of sp³-hybridized carbons (Fsp3) is 0. The largest absolute Gasteiger partial charge is 0.478 e. The lowest BCUT2D eigenvalue weighted by molar-refractivity contribution is 0.0697. The number of nitrogens with zero attached hydrogens (tertiary/aromatic N) is 3. The zero-order valence-corrected chi connectivity index (χ0v) is 15.3. The molecule has 6 heteroatoms. The summed E-state index contributed by atoms with van der Waals surface area (Å²) < 4.78 is 0. The quantitative estimate of drug-likeness (QED) is 0.529. The minimum absolute atomic E-state index is 0.237. The first-order valence-corrected chi connectivity index (χ1v) is 9.11. The van der Waals surface area contributed by atoms with E-state index in [1.165, 1.54) is 0 Å². The molecule has 4 aromatic rings. The Balaban J connectivity index is 1.76. The number of allylic oxidation sites excluding steroid dienone is 4. The Kier molecular flexibility index (Phi) is 3.95. The van der Waals surface area contributed by atoms with E-state index < -0.39 is 5.97 Å². The Labute approximate surface area is 166 Å². The molecule has 2 aromatic carbocycles. The second kappa shape index (κ2) is 6.76. The summed E-state index contributed by atoms with van der Waals surface area (Å²) in [4.78, 5) is 18.3. The summed E-state index contributed by atoms with van der Waals surface area (Å²) in [6.07, 6.45) is 13.5. The van der Waals surface area contributed by atoms with Crippen LogP contribution in [0, 0.1) is 0 Å². The molecule has 0 radical (unpaired) electrons. The summed E-state index contributed by atoms with van der Waals surface area (Å²) in [5.41, 5.74) is 4.56. The van der Waals surface area contributed by atoms with Gasteiger partial charge in [0.2, 0.25) is 0 Å². The van der Waals surface area contributed by atoms with Gasteiger partial charge in [0.1, 0.15) is 0 Å². The highest BCUT2D eigenvalue weighted by molar-refractivity contribution is 5.97. The fourth-order valence-electron chi connectivity index (χ4n) is 3.42. The summed E-state index contributed by atoms with van der Waals surface area (Å²) in [5.74, 6) is -0.957. The van der Waals surface area contributed by atoms with E-state index in [-0.39, 0.29) is 5.56 Å². The van der Waals surface area contributed by atoms with Gasteiger partial charge in [0, 0.05) is 28.7 Å². The van der Waals surface area contributed by atoms with Crippen LogP contribution in [-0.4, -0.2) is 26.3 Å². The molecule has 0 saturated carbocycles. The number of aromatic amines is 1. The lowest BCUT2D eigenvalue weighted by atomic mass is 10.0. The molecule has 2 N–H and O–H groups in total. The van der Waals surface area contributed by atoms with Crippen molar-refractivity contribution in [1.29, 1.82) is 0 Å². The van der Waals surface area contributed by atoms with Crippen LogP contribution in [0.1, 0.15) is 10.4 Å². The average Bonchev–Trinajstić information content (AvgIpc) is 3.04. The molecule has 1 aliphatic heterocycles. The number of hydrogen-bond donors (Lipinski definition) is 2. The van der Waals surface area contributed by atoms with Crippen molar-refractivity contribution in [3.05, 3.63) is 90.9 Å². The minimum Gasteiger partial charge on any atom is -0.478 e. The van der Waals surface area contributed by atoms with Crippen LogP contribution in [0.3, 0.4) is 0 Å². The third kappa shape index (κ3) is 3.06. The van der Waals surface area contributed by atoms with Crippen molar-refractivity contribution in [2.45, 2.75) is 0 Å². The summed E-state index contributed by atoms with van der Waals surface area (Å²) in [5, 5.41) is 18.2. The molecule has 0 fully saturated rings. The van der Waals surface area contributed by atoms with Crippen molar-refractivity contribution >= 4 is 33.5 Å². The van der Waals surface area contributed by atoms with Gasteiger partial charge < -0.3 is 10.0 Å². The number of carboxylic acids is 1. The van der Waals surface area contributed by atoms with Gasteiger partial charge in [-0.05, 0) is 48.6 Å². The van der Waals surface area contributed by atoms with Crippen LogP contribution in [0.4, 0.5) is 5.69 Å². The molecule has 0 saturated heterocycles. The van der Waals surface area contributed by atoms with Gasteiger partial charge in [0.15, 0.2) is 0 Å². The third-order valence-corrected chi connectivity index (χ3v) is 4.86. The van der Waals surface area contributed by atoms with Gasteiger partial charge in [-0.15, -0.1) is 0 Å². The number of rotatable bonds is 3. The van der Waals surface area contributed by atoms with Crippen LogP contribution in [0.25, 0.3) is 33.1 Å². The van der Waals surface area contributed by atoms with E-state index in [9.17, 15) is 9.90 Å². The summed E-state index contributed by atoms with van der Waals surface area (Å²) in [6.45, 7) is 0. The topological polar surface area (TPSA) is 82.1 Å². The van der Waals surface area contributed by atoms with Crippen LogP contribution < -0.4 is 4.90 Å². The molecule has 140 valence electrons. The molecular formula is C23H16N4O2. The molecule has 0 atom stereocenters. The van der Waals surface area contributed by atoms with Gasteiger partial charge >= 0.3 is 5.97 Å². The summed E-state index contributed by atoms with van der Waals surface area (Å²) >= 11 is 0. The van der Waals surface area contributed by atoms with E-state index in [0.717, 1.165) is 38.8 Å². The first-order valence-electron chi connectivity index (χ1n) is 9.11. The van der Waals surface area contributed by atoms with Crippen molar-refractivity contribution in [3.63, 3.8) is 0 Å². The Hall–Kier alpha value is -4.19. The highest BCUT2D eigenvalue weighted by Gasteiger charge is 2.15. The number of aromatic carboxylic acids is 1. The SMILES string of the molecule is O=C(O)c1ccc2nc(-c3ccc4[nH]ncc4c3)c(N3C=CC=CC=C3)cc2c1. The zero-order chi connectivity index (χ0) is 19.8. The maximum absolute atomic E-state index is 11.4. The number of fused-ring (bicyclic) bond motifs is 2. The Morgan fingerprint density at radius 2 is 1.76 bits per heavy atom. The molecule has 0 unspecified atom stereocenters. The number of carbonyl (C=O) groups is 1. The molecule has 0 bridgehead atoms. The molecular weight excluding hydrogens is 364 g/mol. The highest BCUT2D eigenvalue weighted by atomic mass is 16.4. The Morgan fingerprint density at radius 1 is 0.931 bits per heavy atom. The van der Waals surface area contributed by atoms with E-state index in [1.54, 1.807) is 24.4 Å². The number of H-pyrrole nitrogens is 1. The maximum atomic E-state index is 11.4. The molecule has 5 rings (SSSR count). The molecule has 2 aromatic heterocycles. The lowest BCUT2D eigenvalue weighted by Crippen LogP contribution is -2.09. The predicted octanol–water partition coefficient (Wildman–Crippen LogP) is 4.88. The standard InChI is InChI=1S/C23H16N4O2/c28-23(29)16-6-7-19-17(12-16)13-21(27-9-3-1-2-4-10-27)22(25-19)15-5-8-20-18(11-15)14-24-26-20/h1-14H,(H,24,26)(H,28,29). The van der Waals surface area contributed by atoms with Crippen molar-refractivity contribution in [2.24, 2.45) is 0 Å². The van der Waals surface area contributed by atoms with Crippen molar-refractivity contribution in [2.75, 3.05) is 4.90 Å². The molecule has 29 heavy (non-hydrogen) atoms. The van der Waals surface area contributed by atoms with Gasteiger partial charge in [-0.1, -0.05) is 18.2 Å². The van der Waals surface area contributed by atoms with Crippen molar-refractivity contribution in [3.8, 4) is 11.3 Å². The van der Waals surface area contributed by atoms with Gasteiger partial charge in [0.05, 0.1) is 34.2 Å². The lowest BCUT2D eigenvalue weighted by Gasteiger charge is -2.20. The third-order valence-electron chi connectivity index (χ3n) is 4.86. The number of carboxylic acid groups (broad SMARTS) is 1. The Morgan fingerprint density at radius 3 is 2.55 bits per heavy atom. The van der Waals surface area contributed by atoms with E-state index in [2.05, 4.69) is 10.2 Å². The number of nitrogens with one attached hydrogen (secondary N) is 1. The first kappa shape index (κ1) is 16.9. The number of benzene rings is 2.